The highest BCUT2D eigenvalue weighted by Crippen LogP contribution is 2.32. The average Bonchev–Trinajstić information content (AvgIpc) is 3.52. The van der Waals surface area contributed by atoms with Gasteiger partial charge in [-0.25, -0.2) is 13.8 Å². The van der Waals surface area contributed by atoms with E-state index in [9.17, 15) is 8.78 Å². The zero-order valence-electron chi connectivity index (χ0n) is 24.0. The van der Waals surface area contributed by atoms with Gasteiger partial charge in [-0.1, -0.05) is 97.1 Å². The molecule has 45 heavy (non-hydrogen) atoms. The van der Waals surface area contributed by atoms with Gasteiger partial charge in [0.1, 0.15) is 17.2 Å². The second-order valence-corrected chi connectivity index (χ2v) is 11.2. The summed E-state index contributed by atoms with van der Waals surface area (Å²) in [6, 6.07) is 49.0. The van der Waals surface area contributed by atoms with Crippen LogP contribution >= 0.6 is 0 Å². The van der Waals surface area contributed by atoms with E-state index in [1.807, 2.05) is 48.5 Å². The molecule has 0 saturated carbocycles. The second-order valence-electron chi connectivity index (χ2n) is 11.2. The normalized spacial score (nSPS) is 11.3. The number of para-hydroxylation sites is 2. The first-order valence-corrected chi connectivity index (χ1v) is 14.7. The second kappa shape index (κ2) is 11.0. The van der Waals surface area contributed by atoms with Crippen molar-refractivity contribution in [3.63, 3.8) is 0 Å². The van der Waals surface area contributed by atoms with Gasteiger partial charge in [0, 0.05) is 11.6 Å². The topological polar surface area (TPSA) is 26.0 Å². The maximum Gasteiger partial charge on any atom is 0.227 e. The molecular formula is C41H25F2NO. The zero-order chi connectivity index (χ0) is 30.3. The van der Waals surface area contributed by atoms with Crippen LogP contribution in [-0.2, 0) is 0 Å². The fourth-order valence-electron chi connectivity index (χ4n) is 5.84. The average molecular weight is 586 g/mol. The standard InChI is InChI=1S/C41H25F2NO/c42-37-23-36(24-38(43)25-37)30-11-7-27(8-12-30)26-5-9-28(10-6-26)32-17-19-35-22-33(18-20-34(35)21-32)29-13-15-31(16-14-29)41-44-39-3-1-2-4-40(39)45-41/h1-25H. The Hall–Kier alpha value is -5.87. The predicted octanol–water partition coefficient (Wildman–Crippen LogP) is 11.6. The lowest BCUT2D eigenvalue weighted by Crippen LogP contribution is -1.85. The van der Waals surface area contributed by atoms with Crippen molar-refractivity contribution < 1.29 is 13.2 Å². The first kappa shape index (κ1) is 26.7. The molecule has 0 radical (unpaired) electrons. The number of oxazole rings is 1. The van der Waals surface area contributed by atoms with E-state index in [-0.39, 0.29) is 0 Å². The third-order valence-corrected chi connectivity index (χ3v) is 8.23. The van der Waals surface area contributed by atoms with Crippen LogP contribution in [0, 0.1) is 11.6 Å². The Morgan fingerprint density at radius 2 is 0.800 bits per heavy atom. The van der Waals surface area contributed by atoms with Crippen LogP contribution < -0.4 is 0 Å². The van der Waals surface area contributed by atoms with Gasteiger partial charge >= 0.3 is 0 Å². The Balaban J connectivity index is 1.00. The first-order chi connectivity index (χ1) is 22.1. The first-order valence-electron chi connectivity index (χ1n) is 14.7. The van der Waals surface area contributed by atoms with Crippen molar-refractivity contribution in [3.8, 4) is 56.0 Å². The van der Waals surface area contributed by atoms with Gasteiger partial charge in [-0.3, -0.25) is 0 Å². The van der Waals surface area contributed by atoms with Crippen LogP contribution in [0.2, 0.25) is 0 Å². The Bertz CT molecular complexity index is 2270. The van der Waals surface area contributed by atoms with E-state index in [1.54, 1.807) is 0 Å². The van der Waals surface area contributed by atoms with Gasteiger partial charge in [0.15, 0.2) is 5.58 Å². The van der Waals surface area contributed by atoms with Crippen LogP contribution in [0.3, 0.4) is 0 Å². The van der Waals surface area contributed by atoms with E-state index in [4.69, 9.17) is 4.42 Å². The summed E-state index contributed by atoms with van der Waals surface area (Å²) < 4.78 is 33.2. The van der Waals surface area contributed by atoms with Gasteiger partial charge in [0.2, 0.25) is 5.89 Å². The molecule has 0 amide bonds. The Morgan fingerprint density at radius 1 is 0.378 bits per heavy atom. The molecular weight excluding hydrogens is 560 g/mol. The summed E-state index contributed by atoms with van der Waals surface area (Å²) in [5, 5.41) is 2.35. The largest absolute Gasteiger partial charge is 0.436 e. The van der Waals surface area contributed by atoms with Crippen molar-refractivity contribution in [2.75, 3.05) is 0 Å². The van der Waals surface area contributed by atoms with E-state index in [1.165, 1.54) is 22.9 Å². The molecule has 0 aliphatic rings. The smallest absolute Gasteiger partial charge is 0.227 e. The number of nitrogens with zero attached hydrogens (tertiary/aromatic N) is 1. The minimum absolute atomic E-state index is 0.521. The summed E-state index contributed by atoms with van der Waals surface area (Å²) in [5.41, 5.74) is 10.5. The minimum atomic E-state index is -0.581. The SMILES string of the molecule is Fc1cc(F)cc(-c2ccc(-c3ccc(-c4ccc5cc(-c6ccc(-c7nc8ccccc8o7)cc6)ccc5c4)cc3)cc2)c1. The molecule has 0 saturated heterocycles. The van der Waals surface area contributed by atoms with Crippen molar-refractivity contribution >= 4 is 21.9 Å². The molecule has 0 fully saturated rings. The number of aromatic nitrogens is 1. The lowest BCUT2D eigenvalue weighted by molar-refractivity contribution is 0.584. The number of hydrogen-bond acceptors (Lipinski definition) is 2. The van der Waals surface area contributed by atoms with Gasteiger partial charge in [0.25, 0.3) is 0 Å². The number of rotatable bonds is 5. The van der Waals surface area contributed by atoms with Crippen molar-refractivity contribution in [3.05, 3.63) is 163 Å². The number of halogens is 2. The molecule has 2 nitrogen and oxygen atoms in total. The number of benzene rings is 7. The molecule has 8 rings (SSSR count). The Morgan fingerprint density at radius 3 is 1.31 bits per heavy atom. The monoisotopic (exact) mass is 585 g/mol. The fraction of sp³-hybridized carbons (Fsp3) is 0. The molecule has 1 heterocycles. The molecule has 1 aromatic heterocycles. The molecule has 214 valence electrons. The Kier molecular flexibility index (Phi) is 6.54. The minimum Gasteiger partial charge on any atom is -0.436 e. The molecule has 0 spiro atoms. The molecule has 0 unspecified atom stereocenters. The van der Waals surface area contributed by atoms with Crippen LogP contribution in [0.4, 0.5) is 8.78 Å². The third-order valence-electron chi connectivity index (χ3n) is 8.23. The summed E-state index contributed by atoms with van der Waals surface area (Å²) >= 11 is 0. The number of fused-ring (bicyclic) bond motifs is 2. The highest BCUT2D eigenvalue weighted by molar-refractivity contribution is 5.91. The molecule has 4 heteroatoms. The zero-order valence-corrected chi connectivity index (χ0v) is 24.0. The van der Waals surface area contributed by atoms with Gasteiger partial charge < -0.3 is 4.42 Å². The molecule has 7 aromatic carbocycles. The van der Waals surface area contributed by atoms with E-state index in [0.717, 1.165) is 61.7 Å². The van der Waals surface area contributed by atoms with E-state index < -0.39 is 11.6 Å². The predicted molar refractivity (Wildman–Crippen MR) is 179 cm³/mol. The van der Waals surface area contributed by atoms with Crippen molar-refractivity contribution in [1.29, 1.82) is 0 Å². The molecule has 0 N–H and O–H groups in total. The molecule has 0 aliphatic heterocycles. The van der Waals surface area contributed by atoms with Crippen LogP contribution in [0.15, 0.2) is 156 Å². The third kappa shape index (κ3) is 5.28. The molecule has 0 atom stereocenters. The Labute approximate surface area is 258 Å². The summed E-state index contributed by atoms with van der Waals surface area (Å²) in [5.74, 6) is -0.539. The van der Waals surface area contributed by atoms with E-state index in [2.05, 4.69) is 89.9 Å². The lowest BCUT2D eigenvalue weighted by Gasteiger charge is -2.09. The molecule has 8 aromatic rings. The van der Waals surface area contributed by atoms with E-state index in [0.29, 0.717) is 11.5 Å². The summed E-state index contributed by atoms with van der Waals surface area (Å²) in [6.45, 7) is 0. The summed E-state index contributed by atoms with van der Waals surface area (Å²) in [7, 11) is 0. The number of hydrogen-bond donors (Lipinski definition) is 0. The quantitative estimate of drug-likeness (QED) is 0.201. The summed E-state index contributed by atoms with van der Waals surface area (Å²) in [6.07, 6.45) is 0. The lowest BCUT2D eigenvalue weighted by atomic mass is 9.95. The van der Waals surface area contributed by atoms with Gasteiger partial charge in [-0.2, -0.15) is 0 Å². The van der Waals surface area contributed by atoms with Crippen LogP contribution in [0.1, 0.15) is 0 Å². The van der Waals surface area contributed by atoms with E-state index >= 15 is 0 Å². The van der Waals surface area contributed by atoms with Crippen molar-refractivity contribution in [2.45, 2.75) is 0 Å². The van der Waals surface area contributed by atoms with Crippen molar-refractivity contribution in [2.24, 2.45) is 0 Å². The highest BCUT2D eigenvalue weighted by Gasteiger charge is 2.10. The highest BCUT2D eigenvalue weighted by atomic mass is 19.1. The van der Waals surface area contributed by atoms with Crippen molar-refractivity contribution in [1.82, 2.24) is 4.98 Å². The van der Waals surface area contributed by atoms with Crippen LogP contribution in [0.25, 0.3) is 77.8 Å². The van der Waals surface area contributed by atoms with Gasteiger partial charge in [0.05, 0.1) is 0 Å². The maximum atomic E-state index is 13.7. The van der Waals surface area contributed by atoms with Gasteiger partial charge in [-0.15, -0.1) is 0 Å². The molecule has 0 bridgehead atoms. The molecule has 0 aliphatic carbocycles. The van der Waals surface area contributed by atoms with Gasteiger partial charge in [-0.05, 0) is 104 Å². The van der Waals surface area contributed by atoms with Crippen LogP contribution in [-0.4, -0.2) is 4.98 Å². The van der Waals surface area contributed by atoms with Crippen LogP contribution in [0.5, 0.6) is 0 Å². The maximum absolute atomic E-state index is 13.7. The summed E-state index contributed by atoms with van der Waals surface area (Å²) in [4.78, 5) is 4.61. The fourth-order valence-corrected chi connectivity index (χ4v) is 5.84.